The lowest BCUT2D eigenvalue weighted by molar-refractivity contribution is -0.153. The minimum absolute atomic E-state index is 0.274. The van der Waals surface area contributed by atoms with Crippen LogP contribution in [0, 0.1) is 5.92 Å². The van der Waals surface area contributed by atoms with Gasteiger partial charge < -0.3 is 16.2 Å². The molecule has 0 unspecified atom stereocenters. The summed E-state index contributed by atoms with van der Waals surface area (Å²) in [6.07, 6.45) is 3.37. The van der Waals surface area contributed by atoms with E-state index in [9.17, 15) is 4.79 Å². The molecule has 1 aromatic carbocycles. The van der Waals surface area contributed by atoms with Crippen LogP contribution in [-0.4, -0.2) is 11.6 Å². The second-order valence-corrected chi connectivity index (χ2v) is 5.00. The van der Waals surface area contributed by atoms with Crippen LogP contribution in [0.25, 0.3) is 0 Å². The number of benzene rings is 1. The Balaban J connectivity index is 1.91. The van der Waals surface area contributed by atoms with Gasteiger partial charge in [0.05, 0.1) is 11.6 Å². The number of carbonyl (C=O) groups excluding carboxylic acids is 1. The molecule has 1 atom stereocenters. The topological polar surface area (TPSA) is 78.3 Å². The molecule has 0 saturated heterocycles. The normalized spacial score (nSPS) is 22.4. The molecule has 0 amide bonds. The first-order valence-electron chi connectivity index (χ1n) is 6.38. The van der Waals surface area contributed by atoms with Crippen LogP contribution in [0.4, 0.5) is 0 Å². The zero-order valence-electron chi connectivity index (χ0n) is 10.5. The Labute approximate surface area is 107 Å². The van der Waals surface area contributed by atoms with Crippen LogP contribution < -0.4 is 11.5 Å². The molecule has 0 radical (unpaired) electrons. The molecular weight excluding hydrogens is 228 g/mol. The van der Waals surface area contributed by atoms with E-state index in [4.69, 9.17) is 16.2 Å². The highest BCUT2D eigenvalue weighted by molar-refractivity contribution is 5.74. The molecule has 4 N–H and O–H groups in total. The Morgan fingerprint density at radius 3 is 2.67 bits per heavy atom. The molecule has 0 heterocycles. The predicted octanol–water partition coefficient (Wildman–Crippen LogP) is 1.53. The van der Waals surface area contributed by atoms with Crippen LogP contribution in [0.3, 0.4) is 0 Å². The predicted molar refractivity (Wildman–Crippen MR) is 69.3 cm³/mol. The quantitative estimate of drug-likeness (QED) is 0.628. The van der Waals surface area contributed by atoms with E-state index in [0.29, 0.717) is 6.42 Å². The minimum atomic E-state index is -0.911. The highest BCUT2D eigenvalue weighted by Crippen LogP contribution is 2.29. The van der Waals surface area contributed by atoms with Crippen LogP contribution in [-0.2, 0) is 16.1 Å². The summed E-state index contributed by atoms with van der Waals surface area (Å²) in [5, 5.41) is 0. The maximum atomic E-state index is 12.0. The summed E-state index contributed by atoms with van der Waals surface area (Å²) in [5.41, 5.74) is 12.0. The molecule has 0 bridgehead atoms. The molecule has 1 saturated carbocycles. The summed E-state index contributed by atoms with van der Waals surface area (Å²) in [7, 11) is 0. The maximum Gasteiger partial charge on any atom is 0.312 e. The van der Waals surface area contributed by atoms with Crippen molar-refractivity contribution in [3.8, 4) is 0 Å². The van der Waals surface area contributed by atoms with Crippen molar-refractivity contribution >= 4 is 5.97 Å². The largest absolute Gasteiger partial charge is 0.461 e. The molecule has 18 heavy (non-hydrogen) atoms. The van der Waals surface area contributed by atoms with Crippen molar-refractivity contribution in [2.24, 2.45) is 17.4 Å². The van der Waals surface area contributed by atoms with Gasteiger partial charge in [-0.25, -0.2) is 0 Å². The van der Waals surface area contributed by atoms with Crippen molar-refractivity contribution in [2.75, 3.05) is 0 Å². The third-order valence-corrected chi connectivity index (χ3v) is 3.51. The molecular formula is C14H20N2O2. The molecule has 4 nitrogen and oxygen atoms in total. The number of ether oxygens (including phenoxy) is 1. The van der Waals surface area contributed by atoms with E-state index < -0.39 is 5.66 Å². The third kappa shape index (κ3) is 3.09. The number of rotatable bonds is 3. The molecule has 2 rings (SSSR count). The van der Waals surface area contributed by atoms with Gasteiger partial charge in [-0.15, -0.1) is 0 Å². The number of carbonyl (C=O) groups is 1. The molecule has 98 valence electrons. The van der Waals surface area contributed by atoms with Crippen molar-refractivity contribution in [1.29, 1.82) is 0 Å². The SMILES string of the molecule is NC1(N)CCCC[C@@H]1C(=O)OCc1ccccc1. The van der Waals surface area contributed by atoms with E-state index in [1.165, 1.54) is 0 Å². The molecule has 1 fully saturated rings. The van der Waals surface area contributed by atoms with Crippen LogP contribution in [0.5, 0.6) is 0 Å². The number of esters is 1. The maximum absolute atomic E-state index is 12.0. The van der Waals surface area contributed by atoms with Crippen LogP contribution in [0.1, 0.15) is 31.2 Å². The van der Waals surface area contributed by atoms with E-state index in [1.54, 1.807) is 0 Å². The van der Waals surface area contributed by atoms with Gasteiger partial charge in [-0.05, 0) is 18.4 Å². The van der Waals surface area contributed by atoms with Gasteiger partial charge in [0.25, 0.3) is 0 Å². The van der Waals surface area contributed by atoms with Gasteiger partial charge in [-0.1, -0.05) is 43.2 Å². The highest BCUT2D eigenvalue weighted by atomic mass is 16.5. The van der Waals surface area contributed by atoms with Gasteiger partial charge in [0, 0.05) is 0 Å². The zero-order chi connectivity index (χ0) is 13.0. The Kier molecular flexibility index (Phi) is 3.99. The van der Waals surface area contributed by atoms with E-state index in [-0.39, 0.29) is 18.5 Å². The van der Waals surface area contributed by atoms with Crippen molar-refractivity contribution in [3.05, 3.63) is 35.9 Å². The van der Waals surface area contributed by atoms with Crippen LogP contribution in [0.2, 0.25) is 0 Å². The van der Waals surface area contributed by atoms with Gasteiger partial charge in [-0.3, -0.25) is 4.79 Å². The fourth-order valence-corrected chi connectivity index (χ4v) is 2.39. The van der Waals surface area contributed by atoms with E-state index in [0.717, 1.165) is 24.8 Å². The average Bonchev–Trinajstić information content (AvgIpc) is 2.37. The van der Waals surface area contributed by atoms with Crippen molar-refractivity contribution in [2.45, 2.75) is 38.0 Å². The first kappa shape index (κ1) is 13.1. The summed E-state index contributed by atoms with van der Waals surface area (Å²) in [4.78, 5) is 12.0. The first-order valence-corrected chi connectivity index (χ1v) is 6.38. The van der Waals surface area contributed by atoms with Gasteiger partial charge in [-0.2, -0.15) is 0 Å². The highest BCUT2D eigenvalue weighted by Gasteiger charge is 2.39. The third-order valence-electron chi connectivity index (χ3n) is 3.51. The fraction of sp³-hybridized carbons (Fsp3) is 0.500. The smallest absolute Gasteiger partial charge is 0.312 e. The number of hydrogen-bond donors (Lipinski definition) is 2. The molecule has 1 aromatic rings. The van der Waals surface area contributed by atoms with E-state index >= 15 is 0 Å². The minimum Gasteiger partial charge on any atom is -0.461 e. The van der Waals surface area contributed by atoms with Crippen LogP contribution >= 0.6 is 0 Å². The average molecular weight is 248 g/mol. The second kappa shape index (κ2) is 5.50. The zero-order valence-corrected chi connectivity index (χ0v) is 10.5. The first-order chi connectivity index (χ1) is 8.59. The Morgan fingerprint density at radius 2 is 2.00 bits per heavy atom. The lowest BCUT2D eigenvalue weighted by Gasteiger charge is -2.36. The number of nitrogens with two attached hydrogens (primary N) is 2. The lowest BCUT2D eigenvalue weighted by Crippen LogP contribution is -2.59. The fourth-order valence-electron chi connectivity index (χ4n) is 2.39. The van der Waals surface area contributed by atoms with Gasteiger partial charge >= 0.3 is 5.97 Å². The lowest BCUT2D eigenvalue weighted by atomic mass is 9.80. The summed E-state index contributed by atoms with van der Waals surface area (Å²) in [6.45, 7) is 0.284. The summed E-state index contributed by atoms with van der Waals surface area (Å²) in [6, 6.07) is 9.61. The molecule has 1 aliphatic rings. The molecule has 0 aliphatic heterocycles. The summed E-state index contributed by atoms with van der Waals surface area (Å²) in [5.74, 6) is -0.654. The second-order valence-electron chi connectivity index (χ2n) is 5.00. The monoisotopic (exact) mass is 248 g/mol. The van der Waals surface area contributed by atoms with E-state index in [1.807, 2.05) is 30.3 Å². The Bertz CT molecular complexity index is 404. The molecule has 0 spiro atoms. The Hall–Kier alpha value is -1.39. The molecule has 1 aliphatic carbocycles. The van der Waals surface area contributed by atoms with Crippen molar-refractivity contribution in [1.82, 2.24) is 0 Å². The molecule has 4 heteroatoms. The van der Waals surface area contributed by atoms with Gasteiger partial charge in [0.2, 0.25) is 0 Å². The molecule has 0 aromatic heterocycles. The Morgan fingerprint density at radius 1 is 1.28 bits per heavy atom. The summed E-state index contributed by atoms with van der Waals surface area (Å²) < 4.78 is 5.30. The van der Waals surface area contributed by atoms with E-state index in [2.05, 4.69) is 0 Å². The van der Waals surface area contributed by atoms with Gasteiger partial charge in [0.1, 0.15) is 6.61 Å². The summed E-state index contributed by atoms with van der Waals surface area (Å²) >= 11 is 0. The van der Waals surface area contributed by atoms with Crippen LogP contribution in [0.15, 0.2) is 30.3 Å². The number of hydrogen-bond acceptors (Lipinski definition) is 4. The standard InChI is InChI=1S/C14H20N2O2/c15-14(16)9-5-4-8-12(14)13(17)18-10-11-6-2-1-3-7-11/h1-3,6-7,12H,4-5,8-10,15-16H2/t12-/m1/s1. The van der Waals surface area contributed by atoms with Gasteiger partial charge in [0.15, 0.2) is 0 Å². The van der Waals surface area contributed by atoms with Crippen molar-refractivity contribution in [3.63, 3.8) is 0 Å². The van der Waals surface area contributed by atoms with Crippen molar-refractivity contribution < 1.29 is 9.53 Å².